The average molecular weight is 467 g/mol. The summed E-state index contributed by atoms with van der Waals surface area (Å²) in [5.74, 6) is -1.50. The van der Waals surface area contributed by atoms with Gasteiger partial charge in [-0.05, 0) is 30.2 Å². The summed E-state index contributed by atoms with van der Waals surface area (Å²) in [7, 11) is -3.91. The number of sulfonamides is 1. The number of alkyl halides is 3. The van der Waals surface area contributed by atoms with Gasteiger partial charge in [-0.25, -0.2) is 18.1 Å². The van der Waals surface area contributed by atoms with Gasteiger partial charge in [0.15, 0.2) is 0 Å². The molecule has 7 nitrogen and oxygen atoms in total. The molecule has 0 bridgehead atoms. The van der Waals surface area contributed by atoms with Crippen molar-refractivity contribution in [3.8, 4) is 22.8 Å². The summed E-state index contributed by atoms with van der Waals surface area (Å²) < 4.78 is 72.2. The lowest BCUT2D eigenvalue weighted by Gasteiger charge is -2.15. The van der Waals surface area contributed by atoms with Gasteiger partial charge >= 0.3 is 6.36 Å². The van der Waals surface area contributed by atoms with Crippen LogP contribution in [0.1, 0.15) is 24.2 Å². The van der Waals surface area contributed by atoms with Crippen molar-refractivity contribution in [2.24, 2.45) is 5.92 Å². The largest absolute Gasteiger partial charge is 0.573 e. The van der Waals surface area contributed by atoms with Gasteiger partial charge in [-0.3, -0.25) is 4.79 Å². The van der Waals surface area contributed by atoms with Gasteiger partial charge in [-0.1, -0.05) is 25.4 Å². The van der Waals surface area contributed by atoms with Crippen LogP contribution in [0.15, 0.2) is 30.5 Å². The Balaban J connectivity index is 2.46. The zero-order chi connectivity index (χ0) is 22.7. The van der Waals surface area contributed by atoms with Crippen LogP contribution in [0.25, 0.3) is 11.1 Å². The van der Waals surface area contributed by atoms with Gasteiger partial charge in [0, 0.05) is 22.9 Å². The number of halogens is 4. The summed E-state index contributed by atoms with van der Waals surface area (Å²) >= 11 is 6.12. The fourth-order valence-corrected chi connectivity index (χ4v) is 2.94. The molecular weight excluding hydrogens is 449 g/mol. The van der Waals surface area contributed by atoms with E-state index in [-0.39, 0.29) is 33.5 Å². The van der Waals surface area contributed by atoms with Crippen molar-refractivity contribution in [2.75, 3.05) is 12.9 Å². The number of nitrogens with one attached hydrogen (secondary N) is 1. The monoisotopic (exact) mass is 466 g/mol. The number of amides is 1. The van der Waals surface area contributed by atoms with Crippen LogP contribution in [0.2, 0.25) is 5.02 Å². The second kappa shape index (κ2) is 9.09. The fraction of sp³-hybridized carbons (Fsp3) is 0.333. The van der Waals surface area contributed by atoms with E-state index in [1.165, 1.54) is 18.3 Å². The molecule has 0 aliphatic heterocycles. The zero-order valence-corrected chi connectivity index (χ0v) is 17.7. The number of carbonyl (C=O) groups is 1. The molecule has 164 valence electrons. The lowest BCUT2D eigenvalue weighted by molar-refractivity contribution is -0.274. The molecule has 12 heteroatoms. The van der Waals surface area contributed by atoms with Gasteiger partial charge in [0.25, 0.3) is 5.91 Å². The minimum Gasteiger partial charge on any atom is -0.476 e. The average Bonchev–Trinajstić information content (AvgIpc) is 2.57. The third-order valence-electron chi connectivity index (χ3n) is 3.42. The highest BCUT2D eigenvalue weighted by Gasteiger charge is 2.33. The molecule has 30 heavy (non-hydrogen) atoms. The Labute approximate surface area is 176 Å². The van der Waals surface area contributed by atoms with E-state index in [1.54, 1.807) is 4.72 Å². The summed E-state index contributed by atoms with van der Waals surface area (Å²) in [5.41, 5.74) is -0.237. The minimum absolute atomic E-state index is 0.0620. The Morgan fingerprint density at radius 2 is 1.93 bits per heavy atom. The Hall–Kier alpha value is -2.53. The number of carbonyl (C=O) groups excluding carboxylic acids is 1. The van der Waals surface area contributed by atoms with Crippen molar-refractivity contribution in [1.29, 1.82) is 0 Å². The van der Waals surface area contributed by atoms with Gasteiger partial charge in [-0.2, -0.15) is 0 Å². The maximum atomic E-state index is 12.9. The lowest BCUT2D eigenvalue weighted by atomic mass is 10.0. The van der Waals surface area contributed by atoms with Crippen LogP contribution in [0.5, 0.6) is 11.6 Å². The Kier molecular flexibility index (Phi) is 7.19. The molecule has 0 aliphatic rings. The van der Waals surface area contributed by atoms with E-state index in [0.717, 1.165) is 18.4 Å². The predicted molar refractivity (Wildman–Crippen MR) is 104 cm³/mol. The van der Waals surface area contributed by atoms with E-state index >= 15 is 0 Å². The van der Waals surface area contributed by atoms with Crippen LogP contribution in [0, 0.1) is 5.92 Å². The van der Waals surface area contributed by atoms with Crippen LogP contribution >= 0.6 is 11.6 Å². The number of hydrogen-bond acceptors (Lipinski definition) is 6. The van der Waals surface area contributed by atoms with Crippen molar-refractivity contribution in [3.63, 3.8) is 0 Å². The minimum atomic E-state index is -5.06. The molecule has 2 aromatic rings. The first-order valence-corrected chi connectivity index (χ1v) is 10.7. The summed E-state index contributed by atoms with van der Waals surface area (Å²) in [6, 6.07) is 4.44. The van der Waals surface area contributed by atoms with Crippen LogP contribution in [0.3, 0.4) is 0 Å². The number of hydrogen-bond donors (Lipinski definition) is 1. The van der Waals surface area contributed by atoms with Gasteiger partial charge in [0.1, 0.15) is 10.8 Å². The molecule has 0 fully saturated rings. The summed E-state index contributed by atoms with van der Waals surface area (Å²) in [6.07, 6.45) is -3.07. The molecule has 0 atom stereocenters. The molecule has 0 aliphatic carbocycles. The summed E-state index contributed by atoms with van der Waals surface area (Å²) in [6.45, 7) is 4.19. The molecule has 0 radical (unpaired) electrons. The number of rotatable bonds is 7. The predicted octanol–water partition coefficient (Wildman–Crippen LogP) is 4.02. The number of nitrogens with zero attached hydrogens (tertiary/aromatic N) is 1. The van der Waals surface area contributed by atoms with Gasteiger partial charge in [0.05, 0.1) is 12.9 Å². The van der Waals surface area contributed by atoms with E-state index < -0.39 is 28.0 Å². The third kappa shape index (κ3) is 7.06. The van der Waals surface area contributed by atoms with E-state index in [0.29, 0.717) is 6.61 Å². The first-order chi connectivity index (χ1) is 13.7. The van der Waals surface area contributed by atoms with Gasteiger partial charge in [-0.15, -0.1) is 13.2 Å². The number of pyridine rings is 1. The highest BCUT2D eigenvalue weighted by Crippen LogP contribution is 2.37. The van der Waals surface area contributed by atoms with Crippen molar-refractivity contribution in [2.45, 2.75) is 20.2 Å². The summed E-state index contributed by atoms with van der Waals surface area (Å²) in [5, 5.41) is 0.0741. The van der Waals surface area contributed by atoms with Gasteiger partial charge in [0.2, 0.25) is 15.9 Å². The van der Waals surface area contributed by atoms with Crippen molar-refractivity contribution in [1.82, 2.24) is 9.71 Å². The second-order valence-corrected chi connectivity index (χ2v) is 8.83. The smallest absolute Gasteiger partial charge is 0.476 e. The van der Waals surface area contributed by atoms with Crippen LogP contribution < -0.4 is 14.2 Å². The number of aromatic nitrogens is 1. The molecule has 2 rings (SSSR count). The molecular formula is C18H18ClF3N2O5S. The Bertz CT molecular complexity index is 1040. The normalized spacial score (nSPS) is 12.0. The van der Waals surface area contributed by atoms with Gasteiger partial charge < -0.3 is 9.47 Å². The second-order valence-electron chi connectivity index (χ2n) is 6.68. The van der Waals surface area contributed by atoms with E-state index in [9.17, 15) is 26.4 Å². The third-order valence-corrected chi connectivity index (χ3v) is 4.25. The number of benzene rings is 1. The van der Waals surface area contributed by atoms with Crippen LogP contribution in [-0.4, -0.2) is 38.5 Å². The molecule has 0 unspecified atom stereocenters. The first-order valence-electron chi connectivity index (χ1n) is 8.46. The highest BCUT2D eigenvalue weighted by atomic mass is 35.5. The van der Waals surface area contributed by atoms with Crippen molar-refractivity contribution in [3.05, 3.63) is 41.0 Å². The first kappa shape index (κ1) is 23.7. The molecule has 1 aromatic heterocycles. The molecule has 1 heterocycles. The number of ether oxygens (including phenoxy) is 2. The molecule has 0 spiro atoms. The molecule has 1 amide bonds. The van der Waals surface area contributed by atoms with Crippen molar-refractivity contribution >= 4 is 27.5 Å². The summed E-state index contributed by atoms with van der Waals surface area (Å²) in [4.78, 5) is 16.0. The molecule has 1 aromatic carbocycles. The van der Waals surface area contributed by atoms with Crippen LogP contribution in [-0.2, 0) is 10.0 Å². The standard InChI is InChI=1S/C18H18ClF3N2O5S/c1-10(2)9-28-17-14(19)6-12(8-23-17)13-5-4-11(16(25)24-30(3,26)27)7-15(13)29-18(20,21)22/h4-8,10H,9H2,1-3H3,(H,24,25). The molecule has 0 saturated carbocycles. The SMILES string of the molecule is CC(C)COc1ncc(-c2ccc(C(=O)NS(C)(=O)=O)cc2OC(F)(F)F)cc1Cl. The topological polar surface area (TPSA) is 94.6 Å². The van der Waals surface area contributed by atoms with Crippen molar-refractivity contribution < 1.29 is 35.9 Å². The lowest BCUT2D eigenvalue weighted by Crippen LogP contribution is -2.29. The Morgan fingerprint density at radius 3 is 2.47 bits per heavy atom. The maximum absolute atomic E-state index is 12.9. The maximum Gasteiger partial charge on any atom is 0.573 e. The molecule has 1 N–H and O–H groups in total. The fourth-order valence-electron chi connectivity index (χ4n) is 2.26. The van der Waals surface area contributed by atoms with Crippen LogP contribution in [0.4, 0.5) is 13.2 Å². The zero-order valence-electron chi connectivity index (χ0n) is 16.1. The van der Waals surface area contributed by atoms with E-state index in [4.69, 9.17) is 16.3 Å². The highest BCUT2D eigenvalue weighted by molar-refractivity contribution is 7.89. The Morgan fingerprint density at radius 1 is 1.27 bits per heavy atom. The quantitative estimate of drug-likeness (QED) is 0.662. The molecule has 0 saturated heterocycles. The van der Waals surface area contributed by atoms with E-state index in [1.807, 2.05) is 13.8 Å². The van der Waals surface area contributed by atoms with E-state index in [2.05, 4.69) is 9.72 Å².